The Morgan fingerprint density at radius 1 is 0.844 bits per heavy atom. The van der Waals surface area contributed by atoms with Gasteiger partial charge in [-0.15, -0.1) is 0 Å². The first-order chi connectivity index (χ1) is 15.4. The third-order valence-electron chi connectivity index (χ3n) is 7.50. The molecule has 7 nitrogen and oxygen atoms in total. The third kappa shape index (κ3) is 5.19. The van der Waals surface area contributed by atoms with Gasteiger partial charge in [-0.25, -0.2) is 4.79 Å². The van der Waals surface area contributed by atoms with Crippen LogP contribution in [0, 0.1) is 29.6 Å². The monoisotopic (exact) mass is 441 g/mol. The van der Waals surface area contributed by atoms with Crippen molar-refractivity contribution in [2.45, 2.75) is 64.0 Å². The standard InChI is InChI=1S/C16H19NO3.C9H12O3/c18-15-12-6-7-13(15)9-14(8-12)17-16(19)20-10-11-4-2-1-3-5-11;10-8-5-1-2-6(8)4-7(3-5)9(11)12/h1-5,12-14H,6-10H2,(H,17,19);5-7H,1-4H2,(H,11,12). The normalized spacial score (nSPS) is 32.6. The maximum absolute atomic E-state index is 11.8. The molecule has 32 heavy (non-hydrogen) atoms. The highest BCUT2D eigenvalue weighted by molar-refractivity contribution is 5.88. The number of aliphatic carboxylic acids is 1. The van der Waals surface area contributed by atoms with Gasteiger partial charge in [-0.05, 0) is 56.9 Å². The van der Waals surface area contributed by atoms with Crippen LogP contribution in [-0.2, 0) is 25.7 Å². The van der Waals surface area contributed by atoms with Crippen molar-refractivity contribution in [2.24, 2.45) is 29.6 Å². The minimum Gasteiger partial charge on any atom is -0.481 e. The molecule has 7 heteroatoms. The fourth-order valence-corrected chi connectivity index (χ4v) is 5.79. The van der Waals surface area contributed by atoms with Crippen LogP contribution in [0.15, 0.2) is 30.3 Å². The van der Waals surface area contributed by atoms with Crippen molar-refractivity contribution in [3.8, 4) is 0 Å². The van der Waals surface area contributed by atoms with Gasteiger partial charge in [-0.2, -0.15) is 0 Å². The van der Waals surface area contributed by atoms with Crippen molar-refractivity contribution in [1.29, 1.82) is 0 Å². The Kier molecular flexibility index (Phi) is 6.92. The number of carbonyl (C=O) groups excluding carboxylic acids is 3. The first kappa shape index (κ1) is 22.5. The summed E-state index contributed by atoms with van der Waals surface area (Å²) in [6.07, 6.45) is 6.16. The first-order valence-corrected chi connectivity index (χ1v) is 11.7. The Balaban J connectivity index is 0.000000174. The highest BCUT2D eigenvalue weighted by Gasteiger charge is 2.43. The molecule has 4 bridgehead atoms. The molecule has 4 aliphatic carbocycles. The summed E-state index contributed by atoms with van der Waals surface area (Å²) in [5.41, 5.74) is 0.974. The molecule has 1 aromatic carbocycles. The molecule has 0 radical (unpaired) electrons. The molecule has 0 aromatic heterocycles. The third-order valence-corrected chi connectivity index (χ3v) is 7.50. The van der Waals surface area contributed by atoms with Crippen molar-refractivity contribution in [1.82, 2.24) is 5.32 Å². The van der Waals surface area contributed by atoms with E-state index in [1.54, 1.807) is 0 Å². The molecule has 1 aromatic rings. The van der Waals surface area contributed by atoms with E-state index in [-0.39, 0.29) is 48.3 Å². The zero-order chi connectivity index (χ0) is 22.7. The summed E-state index contributed by atoms with van der Waals surface area (Å²) >= 11 is 0. The van der Waals surface area contributed by atoms with E-state index < -0.39 is 5.97 Å². The van der Waals surface area contributed by atoms with Crippen LogP contribution in [0.25, 0.3) is 0 Å². The second-order valence-corrected chi connectivity index (χ2v) is 9.63. The molecule has 4 unspecified atom stereocenters. The lowest BCUT2D eigenvalue weighted by molar-refractivity contribution is -0.145. The van der Waals surface area contributed by atoms with Gasteiger partial charge in [0.15, 0.2) is 0 Å². The molecule has 1 amide bonds. The Morgan fingerprint density at radius 2 is 1.34 bits per heavy atom. The smallest absolute Gasteiger partial charge is 0.407 e. The Bertz CT molecular complexity index is 836. The highest BCUT2D eigenvalue weighted by atomic mass is 16.5. The lowest BCUT2D eigenvalue weighted by Gasteiger charge is -2.27. The minimum absolute atomic E-state index is 0.0739. The van der Waals surface area contributed by atoms with E-state index in [0.29, 0.717) is 24.4 Å². The van der Waals surface area contributed by atoms with Gasteiger partial charge >= 0.3 is 12.1 Å². The molecule has 4 atom stereocenters. The number of amides is 1. The number of fused-ring (bicyclic) bond motifs is 4. The SMILES string of the molecule is O=C(NC1CC2CCC(C1)C2=O)OCc1ccccc1.O=C(O)C1CC2CCC(C1)C2=O. The largest absolute Gasteiger partial charge is 0.481 e. The van der Waals surface area contributed by atoms with E-state index in [2.05, 4.69) is 5.32 Å². The van der Waals surface area contributed by atoms with Crippen LogP contribution >= 0.6 is 0 Å². The second kappa shape index (κ2) is 9.84. The molecule has 4 aliphatic rings. The van der Waals surface area contributed by atoms with Gasteiger partial charge in [-0.3, -0.25) is 14.4 Å². The molecule has 0 aliphatic heterocycles. The van der Waals surface area contributed by atoms with Crippen molar-refractivity contribution in [3.05, 3.63) is 35.9 Å². The number of benzene rings is 1. The number of nitrogens with one attached hydrogen (secondary N) is 1. The number of hydrogen-bond acceptors (Lipinski definition) is 5. The van der Waals surface area contributed by atoms with Crippen LogP contribution < -0.4 is 5.32 Å². The van der Waals surface area contributed by atoms with Gasteiger partial charge in [0.2, 0.25) is 0 Å². The lowest BCUT2D eigenvalue weighted by atomic mass is 9.80. The summed E-state index contributed by atoms with van der Waals surface area (Å²) < 4.78 is 5.21. The minimum atomic E-state index is -0.723. The van der Waals surface area contributed by atoms with Crippen molar-refractivity contribution >= 4 is 23.6 Å². The molecule has 4 saturated carbocycles. The van der Waals surface area contributed by atoms with Gasteiger partial charge in [0.1, 0.15) is 18.2 Å². The summed E-state index contributed by atoms with van der Waals surface area (Å²) in [4.78, 5) is 45.6. The van der Waals surface area contributed by atoms with Gasteiger partial charge in [0, 0.05) is 29.7 Å². The summed E-state index contributed by atoms with van der Waals surface area (Å²) in [5.74, 6) is 0.226. The lowest BCUT2D eigenvalue weighted by Crippen LogP contribution is -2.42. The zero-order valence-corrected chi connectivity index (χ0v) is 18.2. The molecule has 0 spiro atoms. The van der Waals surface area contributed by atoms with Crippen molar-refractivity contribution in [3.63, 3.8) is 0 Å². The summed E-state index contributed by atoms with van der Waals surface area (Å²) in [6, 6.07) is 9.70. The maximum Gasteiger partial charge on any atom is 0.407 e. The van der Waals surface area contributed by atoms with Crippen LogP contribution in [0.3, 0.4) is 0 Å². The quantitative estimate of drug-likeness (QED) is 0.736. The van der Waals surface area contributed by atoms with Crippen molar-refractivity contribution in [2.75, 3.05) is 0 Å². The summed E-state index contributed by atoms with van der Waals surface area (Å²) in [7, 11) is 0. The highest BCUT2D eigenvalue weighted by Crippen LogP contribution is 2.42. The molecule has 0 heterocycles. The molecule has 0 saturated heterocycles. The average molecular weight is 442 g/mol. The van der Waals surface area contributed by atoms with E-state index in [4.69, 9.17) is 9.84 Å². The number of alkyl carbamates (subject to hydrolysis) is 1. The Hall–Kier alpha value is -2.70. The summed E-state index contributed by atoms with van der Waals surface area (Å²) in [6.45, 7) is 0.283. The Labute approximate surface area is 187 Å². The second-order valence-electron chi connectivity index (χ2n) is 9.63. The van der Waals surface area contributed by atoms with E-state index in [0.717, 1.165) is 44.1 Å². The maximum atomic E-state index is 11.8. The van der Waals surface area contributed by atoms with E-state index in [9.17, 15) is 19.2 Å². The van der Waals surface area contributed by atoms with Crippen LogP contribution in [0.5, 0.6) is 0 Å². The molecule has 5 rings (SSSR count). The molecular formula is C25H31NO6. The van der Waals surface area contributed by atoms with Gasteiger partial charge < -0.3 is 15.2 Å². The van der Waals surface area contributed by atoms with Gasteiger partial charge in [0.25, 0.3) is 0 Å². The van der Waals surface area contributed by atoms with Gasteiger partial charge in [-0.1, -0.05) is 30.3 Å². The fraction of sp³-hybridized carbons (Fsp3) is 0.600. The van der Waals surface area contributed by atoms with Gasteiger partial charge in [0.05, 0.1) is 5.92 Å². The average Bonchev–Trinajstić information content (AvgIpc) is 3.11. The number of carbonyl (C=O) groups is 4. The van der Waals surface area contributed by atoms with Crippen LogP contribution in [-0.4, -0.2) is 34.8 Å². The fourth-order valence-electron chi connectivity index (χ4n) is 5.79. The number of rotatable bonds is 4. The van der Waals surface area contributed by atoms with E-state index in [1.807, 2.05) is 30.3 Å². The number of Topliss-reactive ketones (excluding diaryl/α,β-unsaturated/α-hetero) is 2. The summed E-state index contributed by atoms with van der Waals surface area (Å²) in [5, 5.41) is 11.7. The van der Waals surface area contributed by atoms with E-state index >= 15 is 0 Å². The number of ether oxygens (including phenoxy) is 1. The number of carboxylic acids is 1. The van der Waals surface area contributed by atoms with Crippen LogP contribution in [0.4, 0.5) is 4.79 Å². The molecule has 172 valence electrons. The molecule has 4 fully saturated rings. The topological polar surface area (TPSA) is 110 Å². The van der Waals surface area contributed by atoms with Crippen molar-refractivity contribution < 1.29 is 29.0 Å². The molecular weight excluding hydrogens is 410 g/mol. The van der Waals surface area contributed by atoms with E-state index in [1.165, 1.54) is 0 Å². The van der Waals surface area contributed by atoms with Crippen LogP contribution in [0.1, 0.15) is 56.9 Å². The predicted molar refractivity (Wildman–Crippen MR) is 116 cm³/mol. The Morgan fingerprint density at radius 3 is 1.84 bits per heavy atom. The number of hydrogen-bond donors (Lipinski definition) is 2. The molecule has 2 N–H and O–H groups in total. The zero-order valence-electron chi connectivity index (χ0n) is 18.2. The number of carboxylic acid groups (broad SMARTS) is 1. The first-order valence-electron chi connectivity index (χ1n) is 11.7. The predicted octanol–water partition coefficient (Wildman–Crippen LogP) is 3.75. The number of ketones is 2. The van der Waals surface area contributed by atoms with Crippen LogP contribution in [0.2, 0.25) is 0 Å².